The first-order valence-corrected chi connectivity index (χ1v) is 7.41. The number of nitrogens with zero attached hydrogens (tertiary/aromatic N) is 3. The summed E-state index contributed by atoms with van der Waals surface area (Å²) in [7, 11) is 4.17. The number of hydrogen-bond donors (Lipinski definition) is 1. The van der Waals surface area contributed by atoms with Crippen LogP contribution in [0.25, 0.3) is 0 Å². The van der Waals surface area contributed by atoms with Gasteiger partial charge in [-0.1, -0.05) is 0 Å². The third kappa shape index (κ3) is 3.50. The quantitative estimate of drug-likeness (QED) is 0.898. The van der Waals surface area contributed by atoms with Crippen molar-refractivity contribution in [2.75, 3.05) is 27.2 Å². The van der Waals surface area contributed by atoms with Crippen LogP contribution in [0, 0.1) is 12.8 Å². The van der Waals surface area contributed by atoms with Crippen molar-refractivity contribution in [1.82, 2.24) is 19.8 Å². The second-order valence-corrected chi connectivity index (χ2v) is 6.05. The van der Waals surface area contributed by atoms with Crippen LogP contribution < -0.4 is 5.56 Å². The van der Waals surface area contributed by atoms with E-state index in [-0.39, 0.29) is 17.0 Å². The summed E-state index contributed by atoms with van der Waals surface area (Å²) in [6, 6.07) is 0.506. The number of hydrogen-bond acceptors (Lipinski definition) is 4. The number of piperidine rings is 1. The van der Waals surface area contributed by atoms with Crippen molar-refractivity contribution < 1.29 is 4.79 Å². The van der Waals surface area contributed by atoms with E-state index in [1.807, 2.05) is 0 Å². The first-order chi connectivity index (χ1) is 9.90. The molecule has 2 heterocycles. The van der Waals surface area contributed by atoms with E-state index in [2.05, 4.69) is 35.9 Å². The summed E-state index contributed by atoms with van der Waals surface area (Å²) in [6.07, 6.45) is 3.33. The monoisotopic (exact) mass is 292 g/mol. The van der Waals surface area contributed by atoms with Crippen molar-refractivity contribution in [2.45, 2.75) is 32.7 Å². The molecule has 0 aliphatic carbocycles. The van der Waals surface area contributed by atoms with Crippen molar-refractivity contribution >= 4 is 5.91 Å². The minimum Gasteiger partial charge on any atom is -0.338 e. The molecule has 0 unspecified atom stereocenters. The highest BCUT2D eigenvalue weighted by Crippen LogP contribution is 2.23. The Balaban J connectivity index is 2.02. The maximum absolute atomic E-state index is 12.4. The Hall–Kier alpha value is -1.69. The largest absolute Gasteiger partial charge is 0.338 e. The fourth-order valence-corrected chi connectivity index (χ4v) is 2.81. The zero-order chi connectivity index (χ0) is 15.6. The number of rotatable bonds is 3. The smallest absolute Gasteiger partial charge is 0.263 e. The molecule has 0 radical (unpaired) electrons. The molecular weight excluding hydrogens is 268 g/mol. The molecule has 1 amide bonds. The summed E-state index contributed by atoms with van der Waals surface area (Å²) in [5, 5.41) is 0. The first-order valence-electron chi connectivity index (χ1n) is 7.41. The third-order valence-corrected chi connectivity index (χ3v) is 4.48. The number of carbonyl (C=O) groups is 1. The molecule has 1 aliphatic rings. The summed E-state index contributed by atoms with van der Waals surface area (Å²) in [5.41, 5.74) is -0.212. The molecule has 1 aliphatic heterocycles. The van der Waals surface area contributed by atoms with E-state index >= 15 is 0 Å². The van der Waals surface area contributed by atoms with Crippen LogP contribution in [0.15, 0.2) is 11.0 Å². The molecule has 1 N–H and O–H groups in total. The molecule has 0 spiro atoms. The summed E-state index contributed by atoms with van der Waals surface area (Å²) < 4.78 is 0. The number of amides is 1. The predicted molar refractivity (Wildman–Crippen MR) is 81.4 cm³/mol. The lowest BCUT2D eigenvalue weighted by atomic mass is 9.89. The molecule has 116 valence electrons. The molecule has 21 heavy (non-hydrogen) atoms. The third-order valence-electron chi connectivity index (χ3n) is 4.48. The predicted octanol–water partition coefficient (Wildman–Crippen LogP) is 0.881. The Labute approximate surface area is 125 Å². The second-order valence-electron chi connectivity index (χ2n) is 6.05. The molecule has 1 aromatic heterocycles. The van der Waals surface area contributed by atoms with Gasteiger partial charge in [0.1, 0.15) is 11.4 Å². The number of aryl methyl sites for hydroxylation is 1. The van der Waals surface area contributed by atoms with Crippen LogP contribution in [0.3, 0.4) is 0 Å². The number of carbonyl (C=O) groups excluding carboxylic acids is 1. The zero-order valence-electron chi connectivity index (χ0n) is 13.2. The van der Waals surface area contributed by atoms with Gasteiger partial charge in [-0.3, -0.25) is 9.59 Å². The molecule has 6 heteroatoms. The Morgan fingerprint density at radius 3 is 2.57 bits per heavy atom. The van der Waals surface area contributed by atoms with E-state index in [1.54, 1.807) is 11.8 Å². The van der Waals surface area contributed by atoms with Crippen LogP contribution in [-0.2, 0) is 0 Å². The number of H-pyrrole nitrogens is 1. The van der Waals surface area contributed by atoms with Gasteiger partial charge in [0.05, 0.1) is 0 Å². The van der Waals surface area contributed by atoms with Gasteiger partial charge in [-0.2, -0.15) is 0 Å². The fraction of sp³-hybridized carbons (Fsp3) is 0.667. The van der Waals surface area contributed by atoms with E-state index in [1.165, 1.54) is 6.20 Å². The highest BCUT2D eigenvalue weighted by atomic mass is 16.2. The summed E-state index contributed by atoms with van der Waals surface area (Å²) in [5.74, 6) is 0.910. The highest BCUT2D eigenvalue weighted by Gasteiger charge is 2.28. The second kappa shape index (κ2) is 6.39. The normalized spacial score (nSPS) is 18.0. The van der Waals surface area contributed by atoms with E-state index in [0.29, 0.717) is 30.9 Å². The Bertz CT molecular complexity index is 559. The van der Waals surface area contributed by atoms with Gasteiger partial charge in [0.2, 0.25) is 0 Å². The SMILES string of the molecule is Cc1ncc(C(=O)N2CCC([C@H](C)N(C)C)CC2)c(=O)[nH]1. The number of aromatic amines is 1. The van der Waals surface area contributed by atoms with Crippen LogP contribution >= 0.6 is 0 Å². The molecule has 1 fully saturated rings. The maximum atomic E-state index is 12.4. The first kappa shape index (κ1) is 15.7. The Kier molecular flexibility index (Phi) is 4.77. The number of nitrogens with one attached hydrogen (secondary N) is 1. The van der Waals surface area contributed by atoms with Crippen LogP contribution in [0.5, 0.6) is 0 Å². The molecule has 2 rings (SSSR count). The van der Waals surface area contributed by atoms with Gasteiger partial charge in [-0.05, 0) is 46.7 Å². The lowest BCUT2D eigenvalue weighted by Gasteiger charge is -2.37. The minimum atomic E-state index is -0.351. The molecule has 6 nitrogen and oxygen atoms in total. The summed E-state index contributed by atoms with van der Waals surface area (Å²) in [4.78, 5) is 34.8. The molecule has 0 aromatic carbocycles. The van der Waals surface area contributed by atoms with Gasteiger partial charge in [-0.25, -0.2) is 4.98 Å². The zero-order valence-corrected chi connectivity index (χ0v) is 13.2. The van der Waals surface area contributed by atoms with Crippen LogP contribution in [-0.4, -0.2) is 58.9 Å². The van der Waals surface area contributed by atoms with Crippen LogP contribution in [0.2, 0.25) is 0 Å². The van der Waals surface area contributed by atoms with E-state index < -0.39 is 0 Å². The van der Waals surface area contributed by atoms with Crippen LogP contribution in [0.1, 0.15) is 35.9 Å². The van der Waals surface area contributed by atoms with Crippen molar-refractivity contribution in [3.8, 4) is 0 Å². The van der Waals surface area contributed by atoms with E-state index in [4.69, 9.17) is 0 Å². The lowest BCUT2D eigenvalue weighted by molar-refractivity contribution is 0.0639. The average Bonchev–Trinajstić information content (AvgIpc) is 2.46. The molecule has 1 atom stereocenters. The van der Waals surface area contributed by atoms with Gasteiger partial charge < -0.3 is 14.8 Å². The van der Waals surface area contributed by atoms with Crippen molar-refractivity contribution in [3.05, 3.63) is 27.9 Å². The van der Waals surface area contributed by atoms with E-state index in [0.717, 1.165) is 12.8 Å². The van der Waals surface area contributed by atoms with E-state index in [9.17, 15) is 9.59 Å². The summed E-state index contributed by atoms with van der Waals surface area (Å²) in [6.45, 7) is 5.32. The van der Waals surface area contributed by atoms with Gasteiger partial charge in [0.25, 0.3) is 11.5 Å². The Morgan fingerprint density at radius 1 is 1.43 bits per heavy atom. The maximum Gasteiger partial charge on any atom is 0.263 e. The van der Waals surface area contributed by atoms with Crippen molar-refractivity contribution in [3.63, 3.8) is 0 Å². The highest BCUT2D eigenvalue weighted by molar-refractivity contribution is 5.93. The van der Waals surface area contributed by atoms with Gasteiger partial charge in [-0.15, -0.1) is 0 Å². The number of aromatic nitrogens is 2. The average molecular weight is 292 g/mol. The molecule has 1 saturated heterocycles. The molecule has 0 saturated carbocycles. The lowest BCUT2D eigenvalue weighted by Crippen LogP contribution is -2.44. The molecular formula is C15H24N4O2. The fourth-order valence-electron chi connectivity index (χ4n) is 2.81. The van der Waals surface area contributed by atoms with Gasteiger partial charge in [0, 0.05) is 25.3 Å². The van der Waals surface area contributed by atoms with Crippen molar-refractivity contribution in [1.29, 1.82) is 0 Å². The Morgan fingerprint density at radius 2 is 2.05 bits per heavy atom. The van der Waals surface area contributed by atoms with Crippen molar-refractivity contribution in [2.24, 2.45) is 5.92 Å². The number of likely N-dealkylation sites (tertiary alicyclic amines) is 1. The topological polar surface area (TPSA) is 69.3 Å². The van der Waals surface area contributed by atoms with Gasteiger partial charge >= 0.3 is 0 Å². The minimum absolute atomic E-state index is 0.139. The summed E-state index contributed by atoms with van der Waals surface area (Å²) >= 11 is 0. The molecule has 1 aromatic rings. The standard InChI is InChI=1S/C15H24N4O2/c1-10(18(3)4)12-5-7-19(8-6-12)15(21)13-9-16-11(2)17-14(13)20/h9-10,12H,5-8H2,1-4H3,(H,16,17,20)/t10-/m0/s1. The molecule has 0 bridgehead atoms. The van der Waals surface area contributed by atoms with Crippen LogP contribution in [0.4, 0.5) is 0 Å². The van der Waals surface area contributed by atoms with Gasteiger partial charge in [0.15, 0.2) is 0 Å².